The maximum Gasteiger partial charge on any atom is 0.416 e. The van der Waals surface area contributed by atoms with Crippen LogP contribution >= 0.6 is 11.9 Å². The van der Waals surface area contributed by atoms with Gasteiger partial charge in [0.25, 0.3) is 0 Å². The molecule has 1 aromatic heterocycles. The van der Waals surface area contributed by atoms with Gasteiger partial charge in [-0.15, -0.1) is 5.10 Å². The van der Waals surface area contributed by atoms with E-state index in [2.05, 4.69) is 19.6 Å². The van der Waals surface area contributed by atoms with Gasteiger partial charge < -0.3 is 14.5 Å². The highest BCUT2D eigenvalue weighted by molar-refractivity contribution is 7.99. The highest BCUT2D eigenvalue weighted by atomic mass is 32.2. The van der Waals surface area contributed by atoms with Crippen LogP contribution in [-0.4, -0.2) is 71.1 Å². The Kier molecular flexibility index (Phi) is 6.85. The average Bonchev–Trinajstić information content (AvgIpc) is 3.46. The van der Waals surface area contributed by atoms with E-state index < -0.39 is 11.7 Å². The van der Waals surface area contributed by atoms with Crippen LogP contribution in [-0.2, 0) is 12.7 Å². The Morgan fingerprint density at radius 3 is 2.47 bits per heavy atom. The molecule has 1 N–H and O–H groups in total. The molecule has 0 spiro atoms. The Balaban J connectivity index is 1.40. The zero-order chi connectivity index (χ0) is 22.7. The van der Waals surface area contributed by atoms with Crippen LogP contribution in [0.25, 0.3) is 0 Å². The van der Waals surface area contributed by atoms with Crippen molar-refractivity contribution < 1.29 is 18.0 Å². The van der Waals surface area contributed by atoms with Gasteiger partial charge >= 0.3 is 12.2 Å². The van der Waals surface area contributed by atoms with E-state index in [-0.39, 0.29) is 6.03 Å². The van der Waals surface area contributed by atoms with Crippen LogP contribution in [0.5, 0.6) is 0 Å². The molecule has 3 heterocycles. The van der Waals surface area contributed by atoms with E-state index in [1.54, 1.807) is 23.2 Å². The average molecular weight is 469 g/mol. The number of halogens is 3. The fraction of sp³-hybridized carbons (Fsp3) is 0.524. The van der Waals surface area contributed by atoms with Gasteiger partial charge in [0.15, 0.2) is 5.82 Å². The molecule has 2 aliphatic rings. The highest BCUT2D eigenvalue weighted by Crippen LogP contribution is 2.35. The fourth-order valence-electron chi connectivity index (χ4n) is 4.20. The van der Waals surface area contributed by atoms with Gasteiger partial charge in [0, 0.05) is 70.0 Å². The number of amides is 1. The molecule has 2 saturated heterocycles. The van der Waals surface area contributed by atoms with Crippen molar-refractivity contribution >= 4 is 29.5 Å². The minimum absolute atomic E-state index is 0.175. The summed E-state index contributed by atoms with van der Waals surface area (Å²) in [6.07, 6.45) is 1.16. The van der Waals surface area contributed by atoms with E-state index in [0.717, 1.165) is 31.5 Å². The molecular weight excluding hydrogens is 441 g/mol. The summed E-state index contributed by atoms with van der Waals surface area (Å²) in [5, 5.41) is 4.23. The van der Waals surface area contributed by atoms with E-state index in [4.69, 9.17) is 0 Å². The predicted octanol–water partition coefficient (Wildman–Crippen LogP) is 3.98. The van der Waals surface area contributed by atoms with Crippen LogP contribution in [0, 0.1) is 0 Å². The molecule has 2 fully saturated rings. The number of nitrogens with one attached hydrogen (secondary N) is 1. The van der Waals surface area contributed by atoms with E-state index in [9.17, 15) is 18.0 Å². The fourth-order valence-corrected chi connectivity index (χ4v) is 4.52. The molecule has 1 aromatic carbocycles. The zero-order valence-electron chi connectivity index (χ0n) is 17.9. The summed E-state index contributed by atoms with van der Waals surface area (Å²) >= 11 is 1.41. The van der Waals surface area contributed by atoms with Gasteiger partial charge in [-0.3, -0.25) is 4.90 Å². The third kappa shape index (κ3) is 5.15. The molecule has 2 aliphatic heterocycles. The SMILES string of the molecule is CSNc1ccn(C(=O)N2CCN(Cc3ccc(C(F)(F)F)cc3N3CCCC3)CC2)n1. The first-order valence-corrected chi connectivity index (χ1v) is 11.9. The largest absolute Gasteiger partial charge is 0.416 e. The van der Waals surface area contributed by atoms with E-state index in [1.165, 1.54) is 28.8 Å². The topological polar surface area (TPSA) is 56.6 Å². The Hall–Kier alpha value is -2.40. The van der Waals surface area contributed by atoms with Crippen LogP contribution in [0.1, 0.15) is 24.0 Å². The molecular formula is C21H27F3N6OS. The summed E-state index contributed by atoms with van der Waals surface area (Å²) in [5.41, 5.74) is 0.980. The number of nitrogens with zero attached hydrogens (tertiary/aromatic N) is 5. The quantitative estimate of drug-likeness (QED) is 0.670. The molecule has 7 nitrogen and oxygen atoms in total. The lowest BCUT2D eigenvalue weighted by molar-refractivity contribution is -0.137. The summed E-state index contributed by atoms with van der Waals surface area (Å²) in [6, 6.07) is 5.64. The molecule has 0 unspecified atom stereocenters. The second-order valence-electron chi connectivity index (χ2n) is 8.03. The van der Waals surface area contributed by atoms with Gasteiger partial charge in [0.05, 0.1) is 5.56 Å². The second-order valence-corrected chi connectivity index (χ2v) is 8.65. The molecule has 1 amide bonds. The molecule has 174 valence electrons. The van der Waals surface area contributed by atoms with E-state index >= 15 is 0 Å². The lowest BCUT2D eigenvalue weighted by Gasteiger charge is -2.35. The molecule has 0 aliphatic carbocycles. The summed E-state index contributed by atoms with van der Waals surface area (Å²) in [5.74, 6) is 0.626. The molecule has 2 aromatic rings. The Bertz CT molecular complexity index is 936. The van der Waals surface area contributed by atoms with Crippen molar-refractivity contribution in [2.45, 2.75) is 25.6 Å². The van der Waals surface area contributed by atoms with Crippen molar-refractivity contribution in [3.05, 3.63) is 41.6 Å². The predicted molar refractivity (Wildman–Crippen MR) is 120 cm³/mol. The van der Waals surface area contributed by atoms with Gasteiger partial charge in [-0.25, -0.2) is 4.79 Å². The minimum Gasteiger partial charge on any atom is -0.371 e. The summed E-state index contributed by atoms with van der Waals surface area (Å²) in [6.45, 7) is 4.54. The molecule has 0 atom stereocenters. The lowest BCUT2D eigenvalue weighted by Crippen LogP contribution is -2.49. The number of anilines is 2. The number of piperazine rings is 1. The van der Waals surface area contributed by atoms with Crippen molar-refractivity contribution in [1.82, 2.24) is 19.6 Å². The third-order valence-electron chi connectivity index (χ3n) is 5.89. The lowest BCUT2D eigenvalue weighted by atomic mass is 10.1. The number of hydrogen-bond acceptors (Lipinski definition) is 6. The minimum atomic E-state index is -4.35. The van der Waals surface area contributed by atoms with Gasteiger partial charge in [-0.1, -0.05) is 18.0 Å². The van der Waals surface area contributed by atoms with Crippen molar-refractivity contribution in [3.63, 3.8) is 0 Å². The van der Waals surface area contributed by atoms with Crippen molar-refractivity contribution in [2.75, 3.05) is 55.1 Å². The number of carbonyl (C=O) groups is 1. The van der Waals surface area contributed by atoms with Crippen LogP contribution < -0.4 is 9.62 Å². The van der Waals surface area contributed by atoms with Crippen LogP contribution in [0.3, 0.4) is 0 Å². The second kappa shape index (κ2) is 9.62. The number of rotatable bonds is 5. The summed E-state index contributed by atoms with van der Waals surface area (Å²) in [7, 11) is 0. The van der Waals surface area contributed by atoms with Crippen molar-refractivity contribution in [1.29, 1.82) is 0 Å². The maximum absolute atomic E-state index is 13.3. The number of aromatic nitrogens is 2. The van der Waals surface area contributed by atoms with Crippen LogP contribution in [0.15, 0.2) is 30.5 Å². The first-order valence-electron chi connectivity index (χ1n) is 10.7. The summed E-state index contributed by atoms with van der Waals surface area (Å²) < 4.78 is 44.1. The van der Waals surface area contributed by atoms with Gasteiger partial charge in [0.1, 0.15) is 0 Å². The van der Waals surface area contributed by atoms with Crippen molar-refractivity contribution in [3.8, 4) is 0 Å². The normalized spacial score (nSPS) is 17.8. The molecule has 0 radical (unpaired) electrons. The number of carbonyl (C=O) groups excluding carboxylic acids is 1. The smallest absolute Gasteiger partial charge is 0.371 e. The van der Waals surface area contributed by atoms with Crippen LogP contribution in [0.4, 0.5) is 29.5 Å². The first kappa shape index (κ1) is 22.8. The number of hydrogen-bond donors (Lipinski definition) is 1. The number of alkyl halides is 3. The van der Waals surface area contributed by atoms with Gasteiger partial charge in [-0.05, 0) is 30.5 Å². The Morgan fingerprint density at radius 2 is 1.81 bits per heavy atom. The highest BCUT2D eigenvalue weighted by Gasteiger charge is 2.32. The molecule has 0 bridgehead atoms. The Labute approximate surface area is 189 Å². The number of benzene rings is 1. The van der Waals surface area contributed by atoms with Crippen LogP contribution in [0.2, 0.25) is 0 Å². The molecule has 11 heteroatoms. The van der Waals surface area contributed by atoms with E-state index in [1.807, 2.05) is 6.26 Å². The standard InChI is InChI=1S/C21H27F3N6OS/c1-32-26-19-6-9-30(25-19)20(31)29-12-10-27(11-13-29)15-16-4-5-17(21(22,23)24)14-18(16)28-7-2-3-8-28/h4-6,9,14H,2-3,7-8,10-13,15H2,1H3,(H,25,26). The maximum atomic E-state index is 13.3. The zero-order valence-corrected chi connectivity index (χ0v) is 18.8. The first-order chi connectivity index (χ1) is 15.3. The Morgan fingerprint density at radius 1 is 1.09 bits per heavy atom. The van der Waals surface area contributed by atoms with Crippen molar-refractivity contribution in [2.24, 2.45) is 0 Å². The molecule has 32 heavy (non-hydrogen) atoms. The van der Waals surface area contributed by atoms with Gasteiger partial charge in [0.2, 0.25) is 0 Å². The monoisotopic (exact) mass is 468 g/mol. The van der Waals surface area contributed by atoms with Gasteiger partial charge in [-0.2, -0.15) is 17.9 Å². The molecule has 4 rings (SSSR count). The van der Waals surface area contributed by atoms with E-state index in [0.29, 0.717) is 44.2 Å². The molecule has 0 saturated carbocycles. The third-order valence-corrected chi connectivity index (χ3v) is 6.30. The summed E-state index contributed by atoms with van der Waals surface area (Å²) in [4.78, 5) is 18.7.